The van der Waals surface area contributed by atoms with Crippen molar-refractivity contribution in [2.24, 2.45) is 0 Å². The van der Waals surface area contributed by atoms with Crippen LogP contribution in [0.3, 0.4) is 0 Å². The molecule has 1 aromatic heterocycles. The molecule has 1 heterocycles. The van der Waals surface area contributed by atoms with Gasteiger partial charge in [-0.05, 0) is 23.3 Å². The highest BCUT2D eigenvalue weighted by molar-refractivity contribution is 5.70. The second-order valence-corrected chi connectivity index (χ2v) is 3.86. The molecule has 0 radical (unpaired) electrons. The number of rotatable bonds is 5. The van der Waals surface area contributed by atoms with Crippen molar-refractivity contribution < 1.29 is 14.6 Å². The third-order valence-corrected chi connectivity index (χ3v) is 2.42. The molecule has 0 unspecified atom stereocenters. The molecule has 2 rings (SSSR count). The molecule has 1 N–H and O–H groups in total. The van der Waals surface area contributed by atoms with Crippen molar-refractivity contribution in [2.45, 2.75) is 13.0 Å². The molecular weight excluding hydrogens is 230 g/mol. The highest BCUT2D eigenvalue weighted by Crippen LogP contribution is 2.11. The molecule has 4 nitrogen and oxygen atoms in total. The van der Waals surface area contributed by atoms with E-state index < -0.39 is 5.97 Å². The van der Waals surface area contributed by atoms with Crippen LogP contribution in [0.25, 0.3) is 0 Å². The molecule has 0 fully saturated rings. The zero-order chi connectivity index (χ0) is 12.8. The summed E-state index contributed by atoms with van der Waals surface area (Å²) in [5.74, 6) is -0.110. The minimum absolute atomic E-state index is 0.0454. The molecule has 0 saturated carbocycles. The quantitative estimate of drug-likeness (QED) is 0.875. The number of carbonyl (C=O) groups is 1. The van der Waals surface area contributed by atoms with Crippen molar-refractivity contribution in [2.75, 3.05) is 0 Å². The van der Waals surface area contributed by atoms with Gasteiger partial charge in [0.15, 0.2) is 0 Å². The van der Waals surface area contributed by atoms with Gasteiger partial charge in [-0.1, -0.05) is 24.3 Å². The number of aromatic nitrogens is 1. The van der Waals surface area contributed by atoms with Crippen molar-refractivity contribution in [1.29, 1.82) is 0 Å². The molecule has 0 aliphatic heterocycles. The van der Waals surface area contributed by atoms with E-state index in [9.17, 15) is 4.79 Å². The van der Waals surface area contributed by atoms with Crippen LogP contribution >= 0.6 is 0 Å². The maximum Gasteiger partial charge on any atom is 0.307 e. The van der Waals surface area contributed by atoms with Gasteiger partial charge in [0.1, 0.15) is 12.4 Å². The molecule has 0 aliphatic rings. The number of ether oxygens (including phenoxy) is 1. The minimum Gasteiger partial charge on any atom is -0.487 e. The Hall–Kier alpha value is -2.36. The lowest BCUT2D eigenvalue weighted by atomic mass is 10.1. The SMILES string of the molecule is O=C(O)Cc1ccc(COc2cccnc2)cc1. The monoisotopic (exact) mass is 243 g/mol. The van der Waals surface area contributed by atoms with Gasteiger partial charge in [-0.25, -0.2) is 0 Å². The third-order valence-electron chi connectivity index (χ3n) is 2.42. The summed E-state index contributed by atoms with van der Waals surface area (Å²) in [5, 5.41) is 8.66. The fraction of sp³-hybridized carbons (Fsp3) is 0.143. The summed E-state index contributed by atoms with van der Waals surface area (Å²) in [7, 11) is 0. The molecule has 0 atom stereocenters. The third kappa shape index (κ3) is 3.59. The summed E-state index contributed by atoms with van der Waals surface area (Å²) in [6, 6.07) is 11.0. The van der Waals surface area contributed by atoms with Crippen LogP contribution in [0.5, 0.6) is 5.75 Å². The summed E-state index contributed by atoms with van der Waals surface area (Å²) in [6.07, 6.45) is 3.39. The van der Waals surface area contributed by atoms with Crippen LogP contribution in [0.1, 0.15) is 11.1 Å². The zero-order valence-corrected chi connectivity index (χ0v) is 9.74. The minimum atomic E-state index is -0.825. The lowest BCUT2D eigenvalue weighted by Gasteiger charge is -2.06. The predicted octanol–water partition coefficient (Wildman–Crippen LogP) is 2.29. The van der Waals surface area contributed by atoms with E-state index in [1.165, 1.54) is 0 Å². The molecular formula is C14H13NO3. The van der Waals surface area contributed by atoms with Gasteiger partial charge in [-0.15, -0.1) is 0 Å². The Morgan fingerprint density at radius 3 is 2.50 bits per heavy atom. The van der Waals surface area contributed by atoms with Crippen molar-refractivity contribution in [3.05, 3.63) is 59.9 Å². The molecule has 2 aromatic rings. The van der Waals surface area contributed by atoms with Crippen molar-refractivity contribution >= 4 is 5.97 Å². The van der Waals surface area contributed by atoms with Crippen molar-refractivity contribution in [3.8, 4) is 5.75 Å². The number of hydrogen-bond donors (Lipinski definition) is 1. The highest BCUT2D eigenvalue weighted by Gasteiger charge is 2.01. The van der Waals surface area contributed by atoms with Crippen LogP contribution in [0, 0.1) is 0 Å². The summed E-state index contributed by atoms with van der Waals surface area (Å²) in [4.78, 5) is 14.5. The van der Waals surface area contributed by atoms with Crippen LogP contribution in [0.4, 0.5) is 0 Å². The fourth-order valence-electron chi connectivity index (χ4n) is 1.53. The Balaban J connectivity index is 1.92. The highest BCUT2D eigenvalue weighted by atomic mass is 16.5. The molecule has 92 valence electrons. The van der Waals surface area contributed by atoms with Crippen LogP contribution in [0.2, 0.25) is 0 Å². The van der Waals surface area contributed by atoms with E-state index in [4.69, 9.17) is 9.84 Å². The largest absolute Gasteiger partial charge is 0.487 e. The van der Waals surface area contributed by atoms with E-state index in [-0.39, 0.29) is 6.42 Å². The average Bonchev–Trinajstić information content (AvgIpc) is 2.38. The Morgan fingerprint density at radius 2 is 1.89 bits per heavy atom. The van der Waals surface area contributed by atoms with E-state index in [2.05, 4.69) is 4.98 Å². The smallest absolute Gasteiger partial charge is 0.307 e. The van der Waals surface area contributed by atoms with E-state index in [1.54, 1.807) is 24.5 Å². The molecule has 0 aliphatic carbocycles. The number of hydrogen-bond acceptors (Lipinski definition) is 3. The lowest BCUT2D eigenvalue weighted by molar-refractivity contribution is -0.136. The second-order valence-electron chi connectivity index (χ2n) is 3.86. The van der Waals surface area contributed by atoms with Gasteiger partial charge in [0, 0.05) is 6.20 Å². The maximum atomic E-state index is 10.5. The Morgan fingerprint density at radius 1 is 1.17 bits per heavy atom. The normalized spacial score (nSPS) is 10.0. The van der Waals surface area contributed by atoms with Crippen LogP contribution in [0.15, 0.2) is 48.8 Å². The Kier molecular flexibility index (Phi) is 3.91. The summed E-state index contributed by atoms with van der Waals surface area (Å²) >= 11 is 0. The van der Waals surface area contributed by atoms with Gasteiger partial charge in [0.25, 0.3) is 0 Å². The first-order valence-corrected chi connectivity index (χ1v) is 5.56. The first kappa shape index (κ1) is 12.1. The van der Waals surface area contributed by atoms with E-state index >= 15 is 0 Å². The molecule has 0 saturated heterocycles. The van der Waals surface area contributed by atoms with Crippen LogP contribution in [-0.4, -0.2) is 16.1 Å². The number of carboxylic acids is 1. The number of benzene rings is 1. The molecule has 18 heavy (non-hydrogen) atoms. The molecule has 0 spiro atoms. The number of carboxylic acid groups (broad SMARTS) is 1. The molecule has 1 aromatic carbocycles. The summed E-state index contributed by atoms with van der Waals surface area (Å²) < 4.78 is 5.53. The Labute approximate surface area is 105 Å². The molecule has 0 bridgehead atoms. The van der Waals surface area contributed by atoms with Crippen molar-refractivity contribution in [1.82, 2.24) is 4.98 Å². The fourth-order valence-corrected chi connectivity index (χ4v) is 1.53. The topological polar surface area (TPSA) is 59.4 Å². The molecule has 0 amide bonds. The summed E-state index contributed by atoms with van der Waals surface area (Å²) in [5.41, 5.74) is 1.78. The van der Waals surface area contributed by atoms with Crippen molar-refractivity contribution in [3.63, 3.8) is 0 Å². The second kappa shape index (κ2) is 5.82. The van der Waals surface area contributed by atoms with E-state index in [0.717, 1.165) is 11.1 Å². The number of aliphatic carboxylic acids is 1. The Bertz CT molecular complexity index is 508. The van der Waals surface area contributed by atoms with Gasteiger partial charge in [0.05, 0.1) is 12.6 Å². The van der Waals surface area contributed by atoms with E-state index in [0.29, 0.717) is 12.4 Å². The van der Waals surface area contributed by atoms with Gasteiger partial charge in [-0.3, -0.25) is 9.78 Å². The van der Waals surface area contributed by atoms with Gasteiger partial charge >= 0.3 is 5.97 Å². The van der Waals surface area contributed by atoms with E-state index in [1.807, 2.05) is 24.3 Å². The number of pyridine rings is 1. The van der Waals surface area contributed by atoms with Gasteiger partial charge < -0.3 is 9.84 Å². The lowest BCUT2D eigenvalue weighted by Crippen LogP contribution is -2.00. The van der Waals surface area contributed by atoms with Gasteiger partial charge in [-0.2, -0.15) is 0 Å². The maximum absolute atomic E-state index is 10.5. The first-order valence-electron chi connectivity index (χ1n) is 5.56. The van der Waals surface area contributed by atoms with Crippen LogP contribution < -0.4 is 4.74 Å². The molecule has 4 heteroatoms. The average molecular weight is 243 g/mol. The standard InChI is InChI=1S/C14H13NO3/c16-14(17)8-11-3-5-12(6-4-11)10-18-13-2-1-7-15-9-13/h1-7,9H,8,10H2,(H,16,17). The van der Waals surface area contributed by atoms with Gasteiger partial charge in [0.2, 0.25) is 0 Å². The predicted molar refractivity (Wildman–Crippen MR) is 66.4 cm³/mol. The zero-order valence-electron chi connectivity index (χ0n) is 9.74. The van der Waals surface area contributed by atoms with Crippen LogP contribution in [-0.2, 0) is 17.8 Å². The summed E-state index contributed by atoms with van der Waals surface area (Å²) in [6.45, 7) is 0.443. The first-order chi connectivity index (χ1) is 8.74. The number of nitrogens with zero attached hydrogens (tertiary/aromatic N) is 1.